The predicted octanol–water partition coefficient (Wildman–Crippen LogP) is 2.97. The zero-order valence-corrected chi connectivity index (χ0v) is 17.7. The molecule has 1 saturated heterocycles. The lowest BCUT2D eigenvalue weighted by Crippen LogP contribution is -2.49. The SMILES string of the molecule is O=C(CN1CCN(c2ncnc3sc(-c4ccccc4)cc23)CC1)Nc1nncs1. The molecule has 5 rings (SSSR count). The first-order valence-corrected chi connectivity index (χ1v) is 11.3. The number of carbonyl (C=O) groups excluding carboxylic acids is 1. The smallest absolute Gasteiger partial charge is 0.240 e. The molecular formula is C20H19N7OS2. The van der Waals surface area contributed by atoms with Crippen LogP contribution in [0.3, 0.4) is 0 Å². The van der Waals surface area contributed by atoms with Gasteiger partial charge in [-0.15, -0.1) is 21.5 Å². The number of nitrogens with zero attached hydrogens (tertiary/aromatic N) is 6. The molecule has 4 heterocycles. The Kier molecular flexibility index (Phi) is 5.35. The maximum Gasteiger partial charge on any atom is 0.240 e. The number of aromatic nitrogens is 4. The summed E-state index contributed by atoms with van der Waals surface area (Å²) in [6.45, 7) is 3.57. The minimum absolute atomic E-state index is 0.0602. The van der Waals surface area contributed by atoms with Crippen LogP contribution < -0.4 is 10.2 Å². The highest BCUT2D eigenvalue weighted by Crippen LogP contribution is 2.36. The van der Waals surface area contributed by atoms with Gasteiger partial charge in [0.1, 0.15) is 22.5 Å². The second-order valence-corrected chi connectivity index (χ2v) is 8.81. The second kappa shape index (κ2) is 8.42. The predicted molar refractivity (Wildman–Crippen MR) is 120 cm³/mol. The average Bonchev–Trinajstić information content (AvgIpc) is 3.44. The number of fused-ring (bicyclic) bond motifs is 1. The Balaban J connectivity index is 1.27. The van der Waals surface area contributed by atoms with Crippen LogP contribution in [0.25, 0.3) is 20.7 Å². The molecule has 10 heteroatoms. The molecule has 8 nitrogen and oxygen atoms in total. The van der Waals surface area contributed by atoms with Crippen LogP contribution in [0.2, 0.25) is 0 Å². The molecule has 1 aliphatic rings. The van der Waals surface area contributed by atoms with Crippen LogP contribution >= 0.6 is 22.7 Å². The molecule has 0 radical (unpaired) electrons. The number of hydrogen-bond donors (Lipinski definition) is 1. The van der Waals surface area contributed by atoms with Crippen LogP contribution in [0.15, 0.2) is 48.2 Å². The van der Waals surface area contributed by atoms with E-state index in [0.29, 0.717) is 11.7 Å². The van der Waals surface area contributed by atoms with Crippen molar-refractivity contribution >= 4 is 49.7 Å². The fraction of sp³-hybridized carbons (Fsp3) is 0.250. The second-order valence-electron chi connectivity index (χ2n) is 6.95. The molecule has 1 N–H and O–H groups in total. The van der Waals surface area contributed by atoms with E-state index in [2.05, 4.69) is 53.5 Å². The van der Waals surface area contributed by atoms with Crippen molar-refractivity contribution in [3.63, 3.8) is 0 Å². The quantitative estimate of drug-likeness (QED) is 0.514. The number of benzene rings is 1. The van der Waals surface area contributed by atoms with E-state index < -0.39 is 0 Å². The Hall–Kier alpha value is -2.95. The van der Waals surface area contributed by atoms with Crippen molar-refractivity contribution in [2.45, 2.75) is 0 Å². The van der Waals surface area contributed by atoms with Crippen LogP contribution in [0.1, 0.15) is 0 Å². The van der Waals surface area contributed by atoms with Crippen molar-refractivity contribution in [2.24, 2.45) is 0 Å². The minimum atomic E-state index is -0.0602. The van der Waals surface area contributed by atoms with Crippen LogP contribution in [0.5, 0.6) is 0 Å². The molecule has 0 atom stereocenters. The van der Waals surface area contributed by atoms with Crippen molar-refractivity contribution in [1.82, 2.24) is 25.1 Å². The van der Waals surface area contributed by atoms with Crippen molar-refractivity contribution in [3.05, 3.63) is 48.2 Å². The van der Waals surface area contributed by atoms with E-state index >= 15 is 0 Å². The third kappa shape index (κ3) is 4.02. The number of piperazine rings is 1. The molecule has 30 heavy (non-hydrogen) atoms. The number of amides is 1. The van der Waals surface area contributed by atoms with Crippen LogP contribution in [0, 0.1) is 0 Å². The fourth-order valence-electron chi connectivity index (χ4n) is 3.55. The molecule has 0 bridgehead atoms. The minimum Gasteiger partial charge on any atom is -0.353 e. The number of carbonyl (C=O) groups is 1. The summed E-state index contributed by atoms with van der Waals surface area (Å²) in [7, 11) is 0. The molecular weight excluding hydrogens is 418 g/mol. The third-order valence-corrected chi connectivity index (χ3v) is 6.71. The highest BCUT2D eigenvalue weighted by atomic mass is 32.1. The first kappa shape index (κ1) is 19.0. The fourth-order valence-corrected chi connectivity index (χ4v) is 5.01. The van der Waals surface area contributed by atoms with Gasteiger partial charge in [0, 0.05) is 31.1 Å². The standard InChI is InChI=1S/C20H19N7OS2/c28-17(24-20-25-23-13-29-20)11-26-6-8-27(9-7-26)18-15-10-16(14-4-2-1-3-5-14)30-19(15)22-12-21-18/h1-5,10,12-13H,6-9,11H2,(H,24,25,28). The summed E-state index contributed by atoms with van der Waals surface area (Å²) >= 11 is 3.01. The number of thiophene rings is 1. The monoisotopic (exact) mass is 437 g/mol. The molecule has 0 spiro atoms. The van der Waals surface area contributed by atoms with Crippen molar-refractivity contribution in [1.29, 1.82) is 0 Å². The zero-order valence-electron chi connectivity index (χ0n) is 16.1. The molecule has 152 valence electrons. The van der Waals surface area contributed by atoms with Gasteiger partial charge in [-0.05, 0) is 11.6 Å². The van der Waals surface area contributed by atoms with E-state index in [1.807, 2.05) is 18.2 Å². The number of hydrogen-bond acceptors (Lipinski definition) is 9. The molecule has 0 unspecified atom stereocenters. The topological polar surface area (TPSA) is 87.1 Å². The number of nitrogens with one attached hydrogen (secondary N) is 1. The van der Waals surface area contributed by atoms with Gasteiger partial charge in [-0.25, -0.2) is 9.97 Å². The molecule has 0 saturated carbocycles. The summed E-state index contributed by atoms with van der Waals surface area (Å²) in [4.78, 5) is 27.9. The molecule has 1 aromatic carbocycles. The lowest BCUT2D eigenvalue weighted by Gasteiger charge is -2.35. The van der Waals surface area contributed by atoms with Gasteiger partial charge in [0.05, 0.1) is 11.9 Å². The van der Waals surface area contributed by atoms with Gasteiger partial charge in [0.2, 0.25) is 11.0 Å². The Morgan fingerprint density at radius 1 is 1.10 bits per heavy atom. The average molecular weight is 438 g/mol. The highest BCUT2D eigenvalue weighted by Gasteiger charge is 2.22. The van der Waals surface area contributed by atoms with Crippen LogP contribution in [0.4, 0.5) is 10.9 Å². The number of anilines is 2. The summed E-state index contributed by atoms with van der Waals surface area (Å²) in [5, 5.41) is 12.0. The van der Waals surface area contributed by atoms with E-state index in [-0.39, 0.29) is 5.91 Å². The lowest BCUT2D eigenvalue weighted by atomic mass is 10.2. The lowest BCUT2D eigenvalue weighted by molar-refractivity contribution is -0.117. The van der Waals surface area contributed by atoms with Crippen molar-refractivity contribution in [3.8, 4) is 10.4 Å². The van der Waals surface area contributed by atoms with E-state index in [0.717, 1.165) is 42.2 Å². The summed E-state index contributed by atoms with van der Waals surface area (Å²) in [5.74, 6) is 0.909. The van der Waals surface area contributed by atoms with E-state index in [1.54, 1.807) is 23.2 Å². The Bertz CT molecular complexity index is 1140. The van der Waals surface area contributed by atoms with Gasteiger partial charge in [-0.1, -0.05) is 41.7 Å². The summed E-state index contributed by atoms with van der Waals surface area (Å²) in [6.07, 6.45) is 1.64. The van der Waals surface area contributed by atoms with Crippen LogP contribution in [-0.2, 0) is 4.79 Å². The maximum atomic E-state index is 12.2. The Morgan fingerprint density at radius 3 is 2.70 bits per heavy atom. The van der Waals surface area contributed by atoms with Crippen LogP contribution in [-0.4, -0.2) is 63.7 Å². The van der Waals surface area contributed by atoms with Gasteiger partial charge in [-0.3, -0.25) is 15.0 Å². The molecule has 1 amide bonds. The molecule has 0 aliphatic carbocycles. The summed E-state index contributed by atoms with van der Waals surface area (Å²) in [6, 6.07) is 12.5. The van der Waals surface area contributed by atoms with E-state index in [9.17, 15) is 4.79 Å². The van der Waals surface area contributed by atoms with E-state index in [1.165, 1.54) is 21.8 Å². The van der Waals surface area contributed by atoms with Gasteiger partial charge in [-0.2, -0.15) is 0 Å². The molecule has 3 aromatic heterocycles. The molecule has 1 aliphatic heterocycles. The van der Waals surface area contributed by atoms with Gasteiger partial charge < -0.3 is 4.90 Å². The first-order valence-electron chi connectivity index (χ1n) is 9.59. The largest absolute Gasteiger partial charge is 0.353 e. The zero-order chi connectivity index (χ0) is 20.3. The van der Waals surface area contributed by atoms with E-state index in [4.69, 9.17) is 0 Å². The summed E-state index contributed by atoms with van der Waals surface area (Å²) in [5.41, 5.74) is 2.79. The van der Waals surface area contributed by atoms with Crippen molar-refractivity contribution < 1.29 is 4.79 Å². The molecule has 4 aromatic rings. The first-order chi connectivity index (χ1) is 14.8. The highest BCUT2D eigenvalue weighted by molar-refractivity contribution is 7.21. The maximum absolute atomic E-state index is 12.2. The normalized spacial score (nSPS) is 14.9. The number of rotatable bonds is 5. The van der Waals surface area contributed by atoms with Crippen molar-refractivity contribution in [2.75, 3.05) is 42.9 Å². The van der Waals surface area contributed by atoms with Gasteiger partial charge >= 0.3 is 0 Å². The van der Waals surface area contributed by atoms with Gasteiger partial charge in [0.15, 0.2) is 0 Å². The van der Waals surface area contributed by atoms with Gasteiger partial charge in [0.25, 0.3) is 0 Å². The third-order valence-electron chi connectivity index (χ3n) is 5.01. The Morgan fingerprint density at radius 2 is 1.93 bits per heavy atom. The summed E-state index contributed by atoms with van der Waals surface area (Å²) < 4.78 is 0. The Labute approximate surface area is 181 Å². The molecule has 1 fully saturated rings.